The molecular formula is C18H18ClN9O. The van der Waals surface area contributed by atoms with Crippen molar-refractivity contribution in [3.63, 3.8) is 0 Å². The van der Waals surface area contributed by atoms with Crippen LogP contribution in [-0.2, 0) is 6.42 Å². The predicted molar refractivity (Wildman–Crippen MR) is 109 cm³/mol. The van der Waals surface area contributed by atoms with Crippen molar-refractivity contribution >= 4 is 34.5 Å². The van der Waals surface area contributed by atoms with Crippen molar-refractivity contribution < 1.29 is 4.79 Å². The minimum Gasteiger partial charge on any atom is -0.342 e. The van der Waals surface area contributed by atoms with E-state index in [4.69, 9.17) is 11.6 Å². The largest absolute Gasteiger partial charge is 0.342 e. The summed E-state index contributed by atoms with van der Waals surface area (Å²) in [6.45, 7) is 0.495. The molecule has 148 valence electrons. The molecule has 2 amide bonds. The standard InChI is InChI=1S/C18H18ClN9O/c19-12-4-5-13-14(11-12)23-15(22-13)3-1-8-20-18(29)27-25-16-6-7-17(26-24-16)28-10-2-9-21-28/h2,4-7,9-11H,1,3,8H2,(H,22,23)(H,24,25)(H2,20,27,29). The van der Waals surface area contributed by atoms with E-state index in [1.54, 1.807) is 35.3 Å². The number of H-pyrrole nitrogens is 1. The molecule has 0 saturated heterocycles. The third-order valence-electron chi connectivity index (χ3n) is 4.06. The van der Waals surface area contributed by atoms with E-state index in [0.29, 0.717) is 29.6 Å². The second-order valence-corrected chi connectivity index (χ2v) is 6.62. The highest BCUT2D eigenvalue weighted by Crippen LogP contribution is 2.17. The van der Waals surface area contributed by atoms with E-state index in [9.17, 15) is 4.79 Å². The minimum atomic E-state index is -0.362. The molecule has 4 rings (SSSR count). The Kier molecular flexibility index (Phi) is 5.52. The van der Waals surface area contributed by atoms with Gasteiger partial charge in [-0.2, -0.15) is 5.10 Å². The second-order valence-electron chi connectivity index (χ2n) is 6.18. The number of benzene rings is 1. The van der Waals surface area contributed by atoms with Gasteiger partial charge in [-0.3, -0.25) is 10.9 Å². The lowest BCUT2D eigenvalue weighted by Gasteiger charge is -2.09. The van der Waals surface area contributed by atoms with Crippen molar-refractivity contribution in [3.8, 4) is 5.82 Å². The smallest absolute Gasteiger partial charge is 0.333 e. The van der Waals surface area contributed by atoms with Crippen molar-refractivity contribution in [1.29, 1.82) is 0 Å². The number of hydrogen-bond donors (Lipinski definition) is 4. The molecule has 0 unspecified atom stereocenters. The van der Waals surface area contributed by atoms with Crippen LogP contribution in [-0.4, -0.2) is 42.5 Å². The number of fused-ring (bicyclic) bond motifs is 1. The van der Waals surface area contributed by atoms with Gasteiger partial charge in [0.25, 0.3) is 0 Å². The van der Waals surface area contributed by atoms with Gasteiger partial charge in [0, 0.05) is 30.4 Å². The molecule has 0 aliphatic rings. The summed E-state index contributed by atoms with van der Waals surface area (Å²) >= 11 is 5.97. The van der Waals surface area contributed by atoms with Crippen LogP contribution in [0.15, 0.2) is 48.8 Å². The molecule has 3 aromatic heterocycles. The molecule has 1 aromatic carbocycles. The van der Waals surface area contributed by atoms with Gasteiger partial charge in [-0.05, 0) is 42.8 Å². The number of aromatic nitrogens is 6. The van der Waals surface area contributed by atoms with Crippen LogP contribution in [0, 0.1) is 0 Å². The Morgan fingerprint density at radius 3 is 2.93 bits per heavy atom. The lowest BCUT2D eigenvalue weighted by Crippen LogP contribution is -2.39. The number of hydrogen-bond acceptors (Lipinski definition) is 6. The number of nitrogens with zero attached hydrogens (tertiary/aromatic N) is 5. The Labute approximate surface area is 170 Å². The summed E-state index contributed by atoms with van der Waals surface area (Å²) in [6, 6.07) is 10.4. The number of anilines is 1. The molecule has 4 N–H and O–H groups in total. The molecule has 0 bridgehead atoms. The van der Waals surface area contributed by atoms with Crippen molar-refractivity contribution in [2.45, 2.75) is 12.8 Å². The molecule has 0 aliphatic carbocycles. The van der Waals surface area contributed by atoms with Gasteiger partial charge < -0.3 is 10.3 Å². The molecule has 11 heteroatoms. The van der Waals surface area contributed by atoms with Crippen LogP contribution in [0.5, 0.6) is 0 Å². The van der Waals surface area contributed by atoms with Gasteiger partial charge in [0.2, 0.25) is 0 Å². The Morgan fingerprint density at radius 2 is 2.14 bits per heavy atom. The average Bonchev–Trinajstić information content (AvgIpc) is 3.39. The van der Waals surface area contributed by atoms with Crippen molar-refractivity contribution in [2.24, 2.45) is 0 Å². The lowest BCUT2D eigenvalue weighted by atomic mass is 10.3. The molecule has 0 spiro atoms. The van der Waals surface area contributed by atoms with Gasteiger partial charge >= 0.3 is 6.03 Å². The number of halogens is 1. The number of rotatable bonds is 7. The first-order valence-electron chi connectivity index (χ1n) is 8.95. The fourth-order valence-electron chi connectivity index (χ4n) is 2.69. The molecule has 0 atom stereocenters. The van der Waals surface area contributed by atoms with Crippen LogP contribution < -0.4 is 16.2 Å². The fraction of sp³-hybridized carbons (Fsp3) is 0.167. The third kappa shape index (κ3) is 4.79. The Hall–Kier alpha value is -3.66. The van der Waals surface area contributed by atoms with Gasteiger partial charge in [0.1, 0.15) is 5.82 Å². The summed E-state index contributed by atoms with van der Waals surface area (Å²) in [5, 5.41) is 15.5. The van der Waals surface area contributed by atoms with Crippen LogP contribution in [0.2, 0.25) is 5.02 Å². The van der Waals surface area contributed by atoms with E-state index in [1.165, 1.54) is 0 Å². The first kappa shape index (κ1) is 18.7. The highest BCUT2D eigenvalue weighted by Gasteiger charge is 2.05. The van der Waals surface area contributed by atoms with E-state index < -0.39 is 0 Å². The molecule has 0 aliphatic heterocycles. The number of hydrazine groups is 1. The van der Waals surface area contributed by atoms with Gasteiger partial charge in [0.15, 0.2) is 11.6 Å². The van der Waals surface area contributed by atoms with E-state index in [-0.39, 0.29) is 6.03 Å². The van der Waals surface area contributed by atoms with Gasteiger partial charge in [0.05, 0.1) is 11.0 Å². The highest BCUT2D eigenvalue weighted by molar-refractivity contribution is 6.31. The van der Waals surface area contributed by atoms with Gasteiger partial charge in [-0.25, -0.2) is 14.5 Å². The Morgan fingerprint density at radius 1 is 1.21 bits per heavy atom. The van der Waals surface area contributed by atoms with E-state index >= 15 is 0 Å². The van der Waals surface area contributed by atoms with E-state index in [2.05, 4.69) is 41.4 Å². The van der Waals surface area contributed by atoms with Gasteiger partial charge in [-0.15, -0.1) is 10.2 Å². The topological polar surface area (TPSA) is 125 Å². The van der Waals surface area contributed by atoms with E-state index in [1.807, 2.05) is 18.2 Å². The van der Waals surface area contributed by atoms with Crippen LogP contribution in [0.1, 0.15) is 12.2 Å². The number of carbonyl (C=O) groups is 1. The molecule has 10 nitrogen and oxygen atoms in total. The summed E-state index contributed by atoms with van der Waals surface area (Å²) in [6.07, 6.45) is 4.87. The lowest BCUT2D eigenvalue weighted by molar-refractivity contribution is 0.242. The van der Waals surface area contributed by atoms with Crippen LogP contribution in [0.4, 0.5) is 10.6 Å². The summed E-state index contributed by atoms with van der Waals surface area (Å²) in [7, 11) is 0. The minimum absolute atomic E-state index is 0.362. The zero-order valence-corrected chi connectivity index (χ0v) is 16.0. The van der Waals surface area contributed by atoms with Crippen LogP contribution >= 0.6 is 11.6 Å². The molecule has 0 fully saturated rings. The zero-order valence-electron chi connectivity index (χ0n) is 15.3. The quantitative estimate of drug-likeness (QED) is 0.273. The number of nitrogens with one attached hydrogen (secondary N) is 4. The molecule has 29 heavy (non-hydrogen) atoms. The van der Waals surface area contributed by atoms with Crippen molar-refractivity contribution in [3.05, 3.63) is 59.6 Å². The Bertz CT molecular complexity index is 1090. The maximum atomic E-state index is 11.9. The number of aromatic amines is 1. The van der Waals surface area contributed by atoms with Gasteiger partial charge in [-0.1, -0.05) is 11.6 Å². The maximum Gasteiger partial charge on any atom is 0.333 e. The van der Waals surface area contributed by atoms with Crippen molar-refractivity contribution in [1.82, 2.24) is 40.7 Å². The fourth-order valence-corrected chi connectivity index (χ4v) is 2.87. The first-order chi connectivity index (χ1) is 14.2. The number of aryl methyl sites for hydroxylation is 1. The third-order valence-corrected chi connectivity index (χ3v) is 4.30. The maximum absolute atomic E-state index is 11.9. The number of imidazole rings is 1. The molecular weight excluding hydrogens is 394 g/mol. The number of amides is 2. The molecule has 0 radical (unpaired) electrons. The summed E-state index contributed by atoms with van der Waals surface area (Å²) < 4.78 is 1.59. The molecule has 3 heterocycles. The summed E-state index contributed by atoms with van der Waals surface area (Å²) in [5.41, 5.74) is 7.00. The Balaban J connectivity index is 1.18. The van der Waals surface area contributed by atoms with Crippen LogP contribution in [0.25, 0.3) is 16.9 Å². The molecule has 0 saturated carbocycles. The van der Waals surface area contributed by atoms with Crippen LogP contribution in [0.3, 0.4) is 0 Å². The number of carbonyl (C=O) groups excluding carboxylic acids is 1. The highest BCUT2D eigenvalue weighted by atomic mass is 35.5. The number of urea groups is 1. The SMILES string of the molecule is O=C(NCCCc1nc2ccc(Cl)cc2[nH]1)NNc1ccc(-n2cccn2)nn1. The van der Waals surface area contributed by atoms with E-state index in [0.717, 1.165) is 23.3 Å². The normalized spacial score (nSPS) is 10.8. The average molecular weight is 412 g/mol. The molecule has 4 aromatic rings. The predicted octanol–water partition coefficient (Wildman–Crippen LogP) is 2.45. The summed E-state index contributed by atoms with van der Waals surface area (Å²) in [5.74, 6) is 1.85. The van der Waals surface area contributed by atoms with Crippen molar-refractivity contribution in [2.75, 3.05) is 12.0 Å². The zero-order chi connectivity index (χ0) is 20.1. The monoisotopic (exact) mass is 411 g/mol. The first-order valence-corrected chi connectivity index (χ1v) is 9.33. The second kappa shape index (κ2) is 8.57. The summed E-state index contributed by atoms with van der Waals surface area (Å²) in [4.78, 5) is 19.6.